The van der Waals surface area contributed by atoms with E-state index >= 15 is 0 Å². The summed E-state index contributed by atoms with van der Waals surface area (Å²) in [6, 6.07) is -8.84. The van der Waals surface area contributed by atoms with Crippen molar-refractivity contribution in [2.24, 2.45) is 17.4 Å². The molecule has 0 aromatic carbocycles. The molecule has 74 heavy (non-hydrogen) atoms. The van der Waals surface area contributed by atoms with Gasteiger partial charge >= 0.3 is 0 Å². The normalized spacial score (nSPS) is 21.2. The van der Waals surface area contributed by atoms with Crippen molar-refractivity contribution < 1.29 is 67.3 Å². The van der Waals surface area contributed by atoms with Crippen molar-refractivity contribution in [1.82, 2.24) is 67.5 Å². The minimum Gasteiger partial charge on any atom is -0.394 e. The van der Waals surface area contributed by atoms with Crippen LogP contribution in [0.25, 0.3) is 0 Å². The van der Waals surface area contributed by atoms with Gasteiger partial charge in [-0.15, -0.1) is 5.10 Å². The number of fused-ring (bicyclic) bond motifs is 2. The minimum absolute atomic E-state index is 0.00242. The fourth-order valence-corrected chi connectivity index (χ4v) is 7.15. The second-order valence-electron chi connectivity index (χ2n) is 17.8. The molecule has 6 atom stereocenters. The summed E-state index contributed by atoms with van der Waals surface area (Å²) in [5.41, 5.74) is 11.6. The van der Waals surface area contributed by atoms with Gasteiger partial charge in [-0.2, -0.15) is 0 Å². The summed E-state index contributed by atoms with van der Waals surface area (Å²) >= 11 is 0. The van der Waals surface area contributed by atoms with Crippen LogP contribution >= 0.6 is 0 Å². The number of aryl methyl sites for hydroxylation is 1. The molecule has 412 valence electrons. The van der Waals surface area contributed by atoms with Crippen LogP contribution in [0, 0.1) is 5.92 Å². The van der Waals surface area contributed by atoms with Gasteiger partial charge in [-0.05, 0) is 38.0 Å². The lowest BCUT2D eigenvalue weighted by Crippen LogP contribution is -2.60. The van der Waals surface area contributed by atoms with E-state index in [4.69, 9.17) is 25.7 Å². The molecule has 1 aliphatic rings. The SMILES string of the molecule is CCCCC(=O)NCCOCCOCCOCC(=O)NC1Cc2cn(nn2)CCCCC(C(N)=O)NC(=O)CNC(=O)C(Cc2cnc[nH]2)NC(=O)C(CO)NC(=O)C(CC(N)=O)NC(=O)C(CC(C)C)NC1=O. The molecule has 2 aromatic heterocycles. The quantitative estimate of drug-likeness (QED) is 0.0463. The molecule has 14 N–H and O–H groups in total. The Bertz CT molecular complexity index is 2140. The average Bonchev–Trinajstić information content (AvgIpc) is 4.04. The van der Waals surface area contributed by atoms with Crippen LogP contribution in [0.4, 0.5) is 0 Å². The second kappa shape index (κ2) is 33.6. The maximum Gasteiger partial charge on any atom is 0.246 e. The molecule has 10 amide bonds. The fourth-order valence-electron chi connectivity index (χ4n) is 7.15. The molecule has 29 heteroatoms. The van der Waals surface area contributed by atoms with E-state index in [1.165, 1.54) is 23.4 Å². The molecule has 0 radical (unpaired) electrons. The number of H-pyrrole nitrogens is 1. The topological polar surface area (TPSA) is 426 Å². The Morgan fingerprint density at radius 2 is 1.49 bits per heavy atom. The lowest BCUT2D eigenvalue weighted by Gasteiger charge is -2.27. The van der Waals surface area contributed by atoms with Crippen molar-refractivity contribution in [3.8, 4) is 0 Å². The lowest BCUT2D eigenvalue weighted by molar-refractivity contribution is -0.137. The highest BCUT2D eigenvalue weighted by molar-refractivity contribution is 5.98. The number of primary amides is 2. The number of aliphatic hydroxyl groups excluding tert-OH is 1. The van der Waals surface area contributed by atoms with Gasteiger partial charge in [-0.1, -0.05) is 32.4 Å². The van der Waals surface area contributed by atoms with Crippen LogP contribution in [0.1, 0.15) is 83.5 Å². The van der Waals surface area contributed by atoms with Gasteiger partial charge < -0.3 is 78.3 Å². The fraction of sp³-hybridized carbons (Fsp3) is 0.667. The number of aromatic nitrogens is 5. The number of hydrogen-bond acceptors (Lipinski definition) is 17. The highest BCUT2D eigenvalue weighted by atomic mass is 16.5. The number of aromatic amines is 1. The summed E-state index contributed by atoms with van der Waals surface area (Å²) in [6.07, 6.45) is 6.04. The van der Waals surface area contributed by atoms with Crippen molar-refractivity contribution in [3.05, 3.63) is 30.1 Å². The Morgan fingerprint density at radius 1 is 0.824 bits per heavy atom. The molecule has 3 heterocycles. The zero-order valence-electron chi connectivity index (χ0n) is 42.1. The van der Waals surface area contributed by atoms with Crippen molar-refractivity contribution >= 4 is 59.1 Å². The van der Waals surface area contributed by atoms with E-state index in [9.17, 15) is 53.1 Å². The smallest absolute Gasteiger partial charge is 0.246 e. The molecule has 0 fully saturated rings. The Morgan fingerprint density at radius 3 is 2.15 bits per heavy atom. The summed E-state index contributed by atoms with van der Waals surface area (Å²) < 4.78 is 17.9. The van der Waals surface area contributed by atoms with E-state index < -0.39 is 116 Å². The molecule has 6 unspecified atom stereocenters. The number of aliphatic hydroxyl groups is 1. The van der Waals surface area contributed by atoms with Crippen molar-refractivity contribution in [2.75, 3.05) is 59.3 Å². The van der Waals surface area contributed by atoms with Gasteiger partial charge in [0.2, 0.25) is 59.1 Å². The largest absolute Gasteiger partial charge is 0.394 e. The van der Waals surface area contributed by atoms with Crippen molar-refractivity contribution in [2.45, 2.75) is 128 Å². The molecule has 0 aliphatic carbocycles. The maximum absolute atomic E-state index is 14.1. The predicted octanol–water partition coefficient (Wildman–Crippen LogP) is -5.25. The van der Waals surface area contributed by atoms with E-state index in [0.717, 1.165) is 12.8 Å². The maximum atomic E-state index is 14.1. The van der Waals surface area contributed by atoms with Gasteiger partial charge in [0.05, 0.1) is 64.6 Å². The van der Waals surface area contributed by atoms with E-state index in [-0.39, 0.29) is 76.2 Å². The molecule has 1 aliphatic heterocycles. The van der Waals surface area contributed by atoms with Crippen molar-refractivity contribution in [3.63, 3.8) is 0 Å². The van der Waals surface area contributed by atoms with Gasteiger partial charge in [-0.3, -0.25) is 52.6 Å². The molecule has 2 bridgehead atoms. The molecule has 0 saturated carbocycles. The zero-order valence-corrected chi connectivity index (χ0v) is 42.1. The van der Waals surface area contributed by atoms with E-state index in [2.05, 4.69) is 62.8 Å². The molecule has 0 saturated heterocycles. The monoisotopic (exact) mass is 1050 g/mol. The van der Waals surface area contributed by atoms with E-state index in [1.54, 1.807) is 13.8 Å². The first-order valence-electron chi connectivity index (χ1n) is 24.5. The number of hydrogen-bond donors (Lipinski definition) is 12. The van der Waals surface area contributed by atoms with Crippen LogP contribution in [-0.4, -0.2) is 185 Å². The highest BCUT2D eigenvalue weighted by Gasteiger charge is 2.34. The first-order chi connectivity index (χ1) is 35.4. The summed E-state index contributed by atoms with van der Waals surface area (Å²) in [7, 11) is 0. The van der Waals surface area contributed by atoms with Gasteiger partial charge in [-0.25, -0.2) is 4.98 Å². The molecular weight excluding hydrogens is 975 g/mol. The Hall–Kier alpha value is -7.11. The van der Waals surface area contributed by atoms with Crippen LogP contribution in [0.3, 0.4) is 0 Å². The summed E-state index contributed by atoms with van der Waals surface area (Å²) in [5, 5.41) is 38.4. The number of nitrogens with one attached hydrogen (secondary N) is 9. The number of amides is 10. The third kappa shape index (κ3) is 24.1. The second-order valence-corrected chi connectivity index (χ2v) is 17.8. The van der Waals surface area contributed by atoms with Gasteiger partial charge in [0.25, 0.3) is 0 Å². The summed E-state index contributed by atoms with van der Waals surface area (Å²) in [4.78, 5) is 138. The number of nitrogens with zero attached hydrogens (tertiary/aromatic N) is 4. The van der Waals surface area contributed by atoms with Gasteiger partial charge in [0.1, 0.15) is 42.9 Å². The standard InChI is InChI=1S/C45H73N15O14/c1-4-5-9-37(63)49-10-12-72-13-14-73-15-16-74-25-39(65)53-33-19-29-23-60(59-58-29)11-7-6-8-30(40(47)66)52-38(64)22-50-41(67)32(18-28-21-48-26-51-28)55-45(71)35(24-61)57-44(70)34(20-36(46)62)56-42(68)31(17-27(2)3)54-43(33)69/h21,23,26-27,30-35,61H,4-20,22,24-25H2,1-3H3,(H2,46,62)(H2,47,66)(H,48,51)(H,49,63)(H,50,67)(H,52,64)(H,53,65)(H,54,69)(H,55,71)(H,56,68)(H,57,70). The van der Waals surface area contributed by atoms with Gasteiger partial charge in [0, 0.05) is 50.4 Å². The molecular formula is C45H73N15O14. The Labute approximate surface area is 427 Å². The van der Waals surface area contributed by atoms with Crippen LogP contribution in [0.15, 0.2) is 18.7 Å². The predicted molar refractivity (Wildman–Crippen MR) is 259 cm³/mol. The first-order valence-corrected chi connectivity index (χ1v) is 24.5. The average molecular weight is 1050 g/mol. The Balaban J connectivity index is 1.82. The van der Waals surface area contributed by atoms with Crippen LogP contribution in [0.5, 0.6) is 0 Å². The number of imidazole rings is 1. The van der Waals surface area contributed by atoms with Gasteiger partial charge in [0.15, 0.2) is 0 Å². The number of carbonyl (C=O) groups excluding carboxylic acids is 10. The zero-order chi connectivity index (χ0) is 54.4. The van der Waals surface area contributed by atoms with E-state index in [1.807, 2.05) is 6.92 Å². The molecule has 0 spiro atoms. The number of unbranched alkanes of at least 4 members (excludes halogenated alkanes) is 1. The third-order valence-corrected chi connectivity index (χ3v) is 11.0. The lowest BCUT2D eigenvalue weighted by atomic mass is 10.0. The molecule has 29 nitrogen and oxygen atoms in total. The number of ether oxygens (including phenoxy) is 3. The van der Waals surface area contributed by atoms with Crippen LogP contribution < -0.4 is 54.0 Å². The number of nitrogens with two attached hydrogens (primary N) is 2. The van der Waals surface area contributed by atoms with Crippen LogP contribution in [-0.2, 0) is 81.5 Å². The summed E-state index contributed by atoms with van der Waals surface area (Å²) in [6.45, 7) is 4.88. The summed E-state index contributed by atoms with van der Waals surface area (Å²) in [5.74, 6) is -8.59. The molecule has 3 rings (SSSR count). The first kappa shape index (κ1) is 61.2. The Kier molecular flexibility index (Phi) is 27.8. The van der Waals surface area contributed by atoms with E-state index in [0.29, 0.717) is 38.1 Å². The van der Waals surface area contributed by atoms with Crippen LogP contribution in [0.2, 0.25) is 0 Å². The van der Waals surface area contributed by atoms with Crippen molar-refractivity contribution in [1.29, 1.82) is 0 Å². The number of rotatable bonds is 23. The number of carbonyl (C=O) groups is 10. The third-order valence-electron chi connectivity index (χ3n) is 11.0. The minimum atomic E-state index is -1.77. The highest BCUT2D eigenvalue weighted by Crippen LogP contribution is 2.10. The molecule has 2 aromatic rings.